The predicted octanol–water partition coefficient (Wildman–Crippen LogP) is 7.53. The Morgan fingerprint density at radius 2 is 1.72 bits per heavy atom. The van der Waals surface area contributed by atoms with E-state index >= 15 is 4.39 Å². The van der Waals surface area contributed by atoms with Gasteiger partial charge in [-0.2, -0.15) is 18.3 Å². The van der Waals surface area contributed by atoms with Gasteiger partial charge in [0.25, 0.3) is 0 Å². The van der Waals surface area contributed by atoms with Crippen LogP contribution in [-0.2, 0) is 17.4 Å². The Kier molecular flexibility index (Phi) is 10.9. The van der Waals surface area contributed by atoms with Gasteiger partial charge in [-0.15, -0.1) is 0 Å². The molecule has 1 aromatic heterocycles. The molecule has 0 aliphatic carbocycles. The van der Waals surface area contributed by atoms with E-state index in [1.807, 2.05) is 0 Å². The van der Waals surface area contributed by atoms with E-state index < -0.39 is 23.5 Å². The van der Waals surface area contributed by atoms with E-state index in [1.54, 1.807) is 44.5 Å². The molecule has 1 aliphatic heterocycles. The number of hydrazone groups is 1. The molecular formula is C35H36F4N4O4. The van der Waals surface area contributed by atoms with Gasteiger partial charge in [-0.25, -0.2) is 9.82 Å². The number of methoxy groups -OCH3 is 1. The van der Waals surface area contributed by atoms with Gasteiger partial charge in [0.1, 0.15) is 5.75 Å². The summed E-state index contributed by atoms with van der Waals surface area (Å²) in [5, 5.41) is 4.56. The minimum absolute atomic E-state index is 0.0465. The Morgan fingerprint density at radius 1 is 0.957 bits per heavy atom. The summed E-state index contributed by atoms with van der Waals surface area (Å²) in [6, 6.07) is 13.8. The topological polar surface area (TPSA) is 85.3 Å². The molecule has 2 heterocycles. The first-order chi connectivity index (χ1) is 22.6. The molecule has 8 nitrogen and oxygen atoms in total. The molecule has 0 unspecified atom stereocenters. The normalized spacial score (nSPS) is 14.2. The average molecular weight is 653 g/mol. The lowest BCUT2D eigenvalue weighted by Crippen LogP contribution is -2.31. The largest absolute Gasteiger partial charge is 0.493 e. The number of piperidine rings is 1. The number of amides is 1. The van der Waals surface area contributed by atoms with E-state index in [2.05, 4.69) is 20.4 Å². The number of nitrogens with zero attached hydrogens (tertiary/aromatic N) is 3. The van der Waals surface area contributed by atoms with Gasteiger partial charge in [-0.1, -0.05) is 24.6 Å². The Hall–Kier alpha value is -4.71. The summed E-state index contributed by atoms with van der Waals surface area (Å²) in [5.74, 6) is 0.186. The summed E-state index contributed by atoms with van der Waals surface area (Å²) in [6.45, 7) is 5.35. The number of alkyl halides is 3. The van der Waals surface area contributed by atoms with Crippen molar-refractivity contribution in [3.8, 4) is 23.0 Å². The van der Waals surface area contributed by atoms with E-state index in [9.17, 15) is 18.0 Å². The fourth-order valence-corrected chi connectivity index (χ4v) is 5.33. The number of ether oxygens (including phenoxy) is 3. The second-order valence-electron chi connectivity index (χ2n) is 11.3. The first kappa shape index (κ1) is 33.6. The molecule has 1 amide bonds. The van der Waals surface area contributed by atoms with Crippen molar-refractivity contribution in [1.82, 2.24) is 15.3 Å². The van der Waals surface area contributed by atoms with Crippen LogP contribution in [0.3, 0.4) is 0 Å². The van der Waals surface area contributed by atoms with Crippen molar-refractivity contribution in [3.05, 3.63) is 89.4 Å². The van der Waals surface area contributed by atoms with Gasteiger partial charge < -0.3 is 19.1 Å². The number of likely N-dealkylation sites (tertiary alicyclic amines) is 1. The highest BCUT2D eigenvalue weighted by atomic mass is 19.4. The number of aromatic nitrogens is 1. The van der Waals surface area contributed by atoms with Crippen LogP contribution in [0.2, 0.25) is 0 Å². The van der Waals surface area contributed by atoms with Crippen LogP contribution in [0.4, 0.5) is 17.6 Å². The van der Waals surface area contributed by atoms with E-state index in [4.69, 9.17) is 14.2 Å². The van der Waals surface area contributed by atoms with Crippen molar-refractivity contribution < 1.29 is 36.6 Å². The maximum atomic E-state index is 15.1. The number of carbonyl (C=O) groups is 1. The molecular weight excluding hydrogens is 616 g/mol. The number of rotatable bonds is 12. The molecule has 0 bridgehead atoms. The van der Waals surface area contributed by atoms with Crippen LogP contribution in [0, 0.1) is 5.82 Å². The standard InChI is InChI=1S/C35H36F4N4O4/c1-23(25-8-10-26(11-9-25)35(37,38)39)41-42-34(44)20-24-7-12-31(28(36)19-24)47-30-13-14-40-29-22-33(32(45-2)21-27(29)30)46-18-6-17-43-15-4-3-5-16-43/h7-14,19,21-22H,3-6,15-18,20H2,1-2H3,(H,42,44)/b41-23+. The third-order valence-corrected chi connectivity index (χ3v) is 7.87. The SMILES string of the molecule is COc1cc2c(Oc3ccc(CC(=O)N/N=C(\C)c4ccc(C(F)(F)F)cc4)cc3F)ccnc2cc1OCCCN1CCCCC1. The predicted molar refractivity (Wildman–Crippen MR) is 171 cm³/mol. The van der Waals surface area contributed by atoms with Crippen LogP contribution in [0.5, 0.6) is 23.0 Å². The van der Waals surface area contributed by atoms with Crippen molar-refractivity contribution in [2.75, 3.05) is 33.4 Å². The number of nitrogens with one attached hydrogen (secondary N) is 1. The highest BCUT2D eigenvalue weighted by Gasteiger charge is 2.30. The van der Waals surface area contributed by atoms with Gasteiger partial charge in [-0.05, 0) is 86.8 Å². The molecule has 1 aliphatic rings. The summed E-state index contributed by atoms with van der Waals surface area (Å²) in [6.07, 6.45) is 1.62. The van der Waals surface area contributed by atoms with Crippen molar-refractivity contribution in [2.24, 2.45) is 5.10 Å². The molecule has 12 heteroatoms. The van der Waals surface area contributed by atoms with Crippen molar-refractivity contribution in [3.63, 3.8) is 0 Å². The van der Waals surface area contributed by atoms with Gasteiger partial charge in [-0.3, -0.25) is 9.78 Å². The van der Waals surface area contributed by atoms with Crippen LogP contribution in [-0.4, -0.2) is 54.9 Å². The van der Waals surface area contributed by atoms with Crippen LogP contribution in [0.25, 0.3) is 10.9 Å². The van der Waals surface area contributed by atoms with Crippen molar-refractivity contribution in [1.29, 1.82) is 0 Å². The molecule has 0 radical (unpaired) electrons. The van der Waals surface area contributed by atoms with Crippen LogP contribution in [0.15, 0.2) is 72.0 Å². The van der Waals surface area contributed by atoms with Gasteiger partial charge in [0.2, 0.25) is 5.91 Å². The minimum atomic E-state index is -4.45. The van der Waals surface area contributed by atoms with Gasteiger partial charge >= 0.3 is 6.18 Å². The highest BCUT2D eigenvalue weighted by Crippen LogP contribution is 2.38. The number of fused-ring (bicyclic) bond motifs is 1. The number of hydrogen-bond acceptors (Lipinski definition) is 7. The number of halogens is 4. The quantitative estimate of drug-likeness (QED) is 0.0737. The lowest BCUT2D eigenvalue weighted by atomic mass is 10.1. The van der Waals surface area contributed by atoms with Crippen molar-refractivity contribution >= 4 is 22.5 Å². The first-order valence-corrected chi connectivity index (χ1v) is 15.4. The second-order valence-corrected chi connectivity index (χ2v) is 11.3. The minimum Gasteiger partial charge on any atom is -0.493 e. The molecule has 0 spiro atoms. The van der Waals surface area contributed by atoms with Gasteiger partial charge in [0.15, 0.2) is 23.1 Å². The smallest absolute Gasteiger partial charge is 0.416 e. The lowest BCUT2D eigenvalue weighted by molar-refractivity contribution is -0.137. The summed E-state index contributed by atoms with van der Waals surface area (Å²) >= 11 is 0. The van der Waals surface area contributed by atoms with E-state index in [0.717, 1.165) is 38.2 Å². The van der Waals surface area contributed by atoms with E-state index in [0.29, 0.717) is 51.6 Å². The number of benzene rings is 3. The second kappa shape index (κ2) is 15.3. The van der Waals surface area contributed by atoms with E-state index in [1.165, 1.54) is 43.5 Å². The number of carbonyl (C=O) groups excluding carboxylic acids is 1. The molecule has 47 heavy (non-hydrogen) atoms. The highest BCUT2D eigenvalue weighted by molar-refractivity contribution is 5.99. The summed E-state index contributed by atoms with van der Waals surface area (Å²) in [4.78, 5) is 19.4. The zero-order chi connectivity index (χ0) is 33.4. The zero-order valence-corrected chi connectivity index (χ0v) is 26.2. The van der Waals surface area contributed by atoms with E-state index in [-0.39, 0.29) is 12.2 Å². The Morgan fingerprint density at radius 3 is 2.43 bits per heavy atom. The molecule has 1 N–H and O–H groups in total. The molecule has 5 rings (SSSR count). The maximum absolute atomic E-state index is 15.1. The molecule has 248 valence electrons. The summed E-state index contributed by atoms with van der Waals surface area (Å²) < 4.78 is 71.1. The number of hydrogen-bond donors (Lipinski definition) is 1. The van der Waals surface area contributed by atoms with Crippen LogP contribution in [0.1, 0.15) is 49.3 Å². The maximum Gasteiger partial charge on any atom is 0.416 e. The van der Waals surface area contributed by atoms with Gasteiger partial charge in [0, 0.05) is 24.2 Å². The monoisotopic (exact) mass is 652 g/mol. The van der Waals surface area contributed by atoms with Gasteiger partial charge in [0.05, 0.1) is 36.9 Å². The number of pyridine rings is 1. The summed E-state index contributed by atoms with van der Waals surface area (Å²) in [5.41, 5.74) is 3.27. The fraction of sp³-hybridized carbons (Fsp3) is 0.343. The molecule has 4 aromatic rings. The Balaban J connectivity index is 1.20. The molecule has 3 aromatic carbocycles. The van der Waals surface area contributed by atoms with Crippen molar-refractivity contribution in [2.45, 2.75) is 45.2 Å². The zero-order valence-electron chi connectivity index (χ0n) is 26.2. The fourth-order valence-electron chi connectivity index (χ4n) is 5.33. The summed E-state index contributed by atoms with van der Waals surface area (Å²) in [7, 11) is 1.55. The molecule has 0 saturated carbocycles. The van der Waals surface area contributed by atoms with Crippen LogP contribution < -0.4 is 19.6 Å². The molecule has 0 atom stereocenters. The Labute approximate surface area is 270 Å². The van der Waals surface area contributed by atoms with Crippen LogP contribution >= 0.6 is 0 Å². The first-order valence-electron chi connectivity index (χ1n) is 15.4. The molecule has 1 saturated heterocycles. The Bertz CT molecular complexity index is 1720. The third-order valence-electron chi connectivity index (χ3n) is 7.87. The lowest BCUT2D eigenvalue weighted by Gasteiger charge is -2.26. The average Bonchev–Trinajstić information content (AvgIpc) is 3.06. The molecule has 1 fully saturated rings. The third kappa shape index (κ3) is 8.97.